The summed E-state index contributed by atoms with van der Waals surface area (Å²) in [6, 6.07) is 8.41. The van der Waals surface area contributed by atoms with Gasteiger partial charge >= 0.3 is 0 Å². The average Bonchev–Trinajstić information content (AvgIpc) is 2.75. The molecule has 1 aromatic heterocycles. The summed E-state index contributed by atoms with van der Waals surface area (Å²) in [5.74, 6) is 1.88. The first-order valence-corrected chi connectivity index (χ1v) is 10.5. The summed E-state index contributed by atoms with van der Waals surface area (Å²) in [5, 5.41) is 0. The van der Waals surface area contributed by atoms with E-state index in [1.807, 2.05) is 12.4 Å². The fourth-order valence-electron chi connectivity index (χ4n) is 4.23. The zero-order chi connectivity index (χ0) is 19.5. The van der Waals surface area contributed by atoms with Crippen molar-refractivity contribution in [3.8, 4) is 11.1 Å². The van der Waals surface area contributed by atoms with Crippen molar-refractivity contribution in [2.24, 2.45) is 11.8 Å². The second-order valence-corrected chi connectivity index (χ2v) is 8.43. The molecular weight excluding hydrogens is 348 g/mol. The SMILES string of the molecule is Cc1ccc(-c2cnc(N3CCCC(C(=O)N4CCC(C)CC4)C3)nc2)cc1. The third kappa shape index (κ3) is 4.18. The Kier molecular flexibility index (Phi) is 5.60. The van der Waals surface area contributed by atoms with E-state index in [1.54, 1.807) is 0 Å². The van der Waals surface area contributed by atoms with E-state index in [1.165, 1.54) is 5.56 Å². The molecule has 1 aromatic carbocycles. The molecule has 5 nitrogen and oxygen atoms in total. The maximum atomic E-state index is 13.0. The monoisotopic (exact) mass is 378 g/mol. The van der Waals surface area contributed by atoms with Crippen LogP contribution >= 0.6 is 0 Å². The number of anilines is 1. The number of likely N-dealkylation sites (tertiary alicyclic amines) is 1. The number of rotatable bonds is 3. The molecule has 0 saturated carbocycles. The second kappa shape index (κ2) is 8.29. The third-order valence-electron chi connectivity index (χ3n) is 6.17. The van der Waals surface area contributed by atoms with Crippen LogP contribution in [0.5, 0.6) is 0 Å². The standard InChI is InChI=1S/C23H30N4O/c1-17-5-7-19(8-6-17)21-14-24-23(25-15-21)27-11-3-4-20(16-27)22(28)26-12-9-18(2)10-13-26/h5-8,14-15,18,20H,3-4,9-13,16H2,1-2H3. The van der Waals surface area contributed by atoms with Crippen molar-refractivity contribution in [3.63, 3.8) is 0 Å². The van der Waals surface area contributed by atoms with Crippen molar-refractivity contribution < 1.29 is 4.79 Å². The summed E-state index contributed by atoms with van der Waals surface area (Å²) in [6.45, 7) is 7.85. The van der Waals surface area contributed by atoms with Crippen molar-refractivity contribution in [1.82, 2.24) is 14.9 Å². The molecule has 2 fully saturated rings. The fraction of sp³-hybridized carbons (Fsp3) is 0.522. The smallest absolute Gasteiger partial charge is 0.227 e. The van der Waals surface area contributed by atoms with Crippen LogP contribution in [0.25, 0.3) is 11.1 Å². The minimum Gasteiger partial charge on any atom is -0.342 e. The summed E-state index contributed by atoms with van der Waals surface area (Å²) in [5.41, 5.74) is 3.40. The molecule has 2 aliphatic rings. The molecule has 0 N–H and O–H groups in total. The Hall–Kier alpha value is -2.43. The lowest BCUT2D eigenvalue weighted by Gasteiger charge is -2.37. The molecular formula is C23H30N4O. The van der Waals surface area contributed by atoms with Crippen LogP contribution in [0.2, 0.25) is 0 Å². The first kappa shape index (κ1) is 18.9. The predicted octanol–water partition coefficient (Wildman–Crippen LogP) is 3.93. The average molecular weight is 379 g/mol. The summed E-state index contributed by atoms with van der Waals surface area (Å²) in [4.78, 5) is 26.4. The van der Waals surface area contributed by atoms with Crippen molar-refractivity contribution in [2.75, 3.05) is 31.1 Å². The number of piperidine rings is 2. The van der Waals surface area contributed by atoms with E-state index in [9.17, 15) is 4.79 Å². The van der Waals surface area contributed by atoms with E-state index in [4.69, 9.17) is 0 Å². The molecule has 4 rings (SSSR count). The number of benzene rings is 1. The number of aryl methyl sites for hydroxylation is 1. The number of nitrogens with zero attached hydrogens (tertiary/aromatic N) is 4. The van der Waals surface area contributed by atoms with E-state index in [0.717, 1.165) is 74.9 Å². The largest absolute Gasteiger partial charge is 0.342 e. The normalized spacial score (nSPS) is 21.0. The number of carbonyl (C=O) groups is 1. The van der Waals surface area contributed by atoms with E-state index in [-0.39, 0.29) is 5.92 Å². The van der Waals surface area contributed by atoms with Gasteiger partial charge in [-0.1, -0.05) is 36.8 Å². The molecule has 0 aliphatic carbocycles. The van der Waals surface area contributed by atoms with Gasteiger partial charge in [-0.05, 0) is 44.1 Å². The van der Waals surface area contributed by atoms with Crippen molar-refractivity contribution in [1.29, 1.82) is 0 Å². The van der Waals surface area contributed by atoms with Gasteiger partial charge in [0.15, 0.2) is 0 Å². The minimum atomic E-state index is 0.0718. The van der Waals surface area contributed by atoms with Gasteiger partial charge in [-0.3, -0.25) is 4.79 Å². The summed E-state index contributed by atoms with van der Waals surface area (Å²) in [6.07, 6.45) is 8.04. The van der Waals surface area contributed by atoms with Gasteiger partial charge in [0.1, 0.15) is 0 Å². The van der Waals surface area contributed by atoms with Crippen LogP contribution in [0, 0.1) is 18.8 Å². The Morgan fingerprint density at radius 3 is 2.32 bits per heavy atom. The molecule has 1 unspecified atom stereocenters. The number of aromatic nitrogens is 2. The first-order valence-electron chi connectivity index (χ1n) is 10.5. The number of hydrogen-bond donors (Lipinski definition) is 0. The molecule has 0 spiro atoms. The van der Waals surface area contributed by atoms with Gasteiger partial charge < -0.3 is 9.80 Å². The molecule has 148 valence electrons. The van der Waals surface area contributed by atoms with E-state index in [2.05, 4.69) is 57.9 Å². The number of hydrogen-bond acceptors (Lipinski definition) is 4. The molecule has 0 bridgehead atoms. The lowest BCUT2D eigenvalue weighted by Crippen LogP contribution is -2.47. The van der Waals surface area contributed by atoms with Gasteiger partial charge in [-0.15, -0.1) is 0 Å². The Morgan fingerprint density at radius 2 is 1.64 bits per heavy atom. The quantitative estimate of drug-likeness (QED) is 0.812. The highest BCUT2D eigenvalue weighted by Crippen LogP contribution is 2.26. The zero-order valence-corrected chi connectivity index (χ0v) is 17.0. The molecule has 3 heterocycles. The third-order valence-corrected chi connectivity index (χ3v) is 6.17. The van der Waals surface area contributed by atoms with Crippen LogP contribution in [0.1, 0.15) is 38.2 Å². The minimum absolute atomic E-state index is 0.0718. The zero-order valence-electron chi connectivity index (χ0n) is 17.0. The molecule has 2 aromatic rings. The molecule has 2 saturated heterocycles. The Labute approximate surface area is 167 Å². The van der Waals surface area contributed by atoms with E-state index < -0.39 is 0 Å². The van der Waals surface area contributed by atoms with Crippen LogP contribution in [0.3, 0.4) is 0 Å². The van der Waals surface area contributed by atoms with Crippen LogP contribution in [-0.2, 0) is 4.79 Å². The summed E-state index contributed by atoms with van der Waals surface area (Å²) < 4.78 is 0. The van der Waals surface area contributed by atoms with Crippen molar-refractivity contribution in [3.05, 3.63) is 42.2 Å². The predicted molar refractivity (Wildman–Crippen MR) is 112 cm³/mol. The van der Waals surface area contributed by atoms with Crippen LogP contribution in [0.15, 0.2) is 36.7 Å². The van der Waals surface area contributed by atoms with Gasteiger partial charge in [-0.25, -0.2) is 9.97 Å². The molecule has 1 atom stereocenters. The van der Waals surface area contributed by atoms with E-state index in [0.29, 0.717) is 5.91 Å². The van der Waals surface area contributed by atoms with Gasteiger partial charge in [0, 0.05) is 44.1 Å². The Morgan fingerprint density at radius 1 is 0.964 bits per heavy atom. The molecule has 5 heteroatoms. The second-order valence-electron chi connectivity index (χ2n) is 8.43. The molecule has 2 aliphatic heterocycles. The molecule has 0 radical (unpaired) electrons. The molecule has 28 heavy (non-hydrogen) atoms. The van der Waals surface area contributed by atoms with Gasteiger partial charge in [0.2, 0.25) is 11.9 Å². The van der Waals surface area contributed by atoms with Gasteiger partial charge in [-0.2, -0.15) is 0 Å². The van der Waals surface area contributed by atoms with Crippen LogP contribution in [0.4, 0.5) is 5.95 Å². The van der Waals surface area contributed by atoms with Crippen molar-refractivity contribution in [2.45, 2.75) is 39.5 Å². The van der Waals surface area contributed by atoms with Gasteiger partial charge in [0.25, 0.3) is 0 Å². The number of amides is 1. The fourth-order valence-corrected chi connectivity index (χ4v) is 4.23. The van der Waals surface area contributed by atoms with Crippen LogP contribution < -0.4 is 4.90 Å². The Bertz CT molecular complexity index is 794. The first-order chi connectivity index (χ1) is 13.6. The van der Waals surface area contributed by atoms with Gasteiger partial charge in [0.05, 0.1) is 5.92 Å². The highest BCUT2D eigenvalue weighted by molar-refractivity contribution is 5.79. The highest BCUT2D eigenvalue weighted by atomic mass is 16.2. The lowest BCUT2D eigenvalue weighted by molar-refractivity contribution is -0.137. The maximum absolute atomic E-state index is 13.0. The highest BCUT2D eigenvalue weighted by Gasteiger charge is 2.31. The topological polar surface area (TPSA) is 49.3 Å². The van der Waals surface area contributed by atoms with Crippen LogP contribution in [-0.4, -0.2) is 47.0 Å². The lowest BCUT2D eigenvalue weighted by atomic mass is 9.93. The van der Waals surface area contributed by atoms with Crippen molar-refractivity contribution >= 4 is 11.9 Å². The number of carbonyl (C=O) groups excluding carboxylic acids is 1. The summed E-state index contributed by atoms with van der Waals surface area (Å²) in [7, 11) is 0. The summed E-state index contributed by atoms with van der Waals surface area (Å²) >= 11 is 0. The van der Waals surface area contributed by atoms with E-state index >= 15 is 0 Å². The maximum Gasteiger partial charge on any atom is 0.227 e. The Balaban J connectivity index is 1.41. The molecule has 1 amide bonds.